The molecule has 0 aliphatic rings. The summed E-state index contributed by atoms with van der Waals surface area (Å²) in [7, 11) is 8.36. The molecule has 0 aromatic heterocycles. The minimum atomic E-state index is 0.974. The van der Waals surface area contributed by atoms with E-state index in [0.29, 0.717) is 0 Å². The molecule has 0 radical (unpaired) electrons. The molecule has 6 aromatic rings. The Labute approximate surface area is 273 Å². The van der Waals surface area contributed by atoms with Crippen LogP contribution in [0.5, 0.6) is 0 Å². The molecule has 46 heavy (non-hydrogen) atoms. The van der Waals surface area contributed by atoms with Gasteiger partial charge in [0, 0.05) is 84.8 Å². The Bertz CT molecular complexity index is 1800. The zero-order valence-corrected chi connectivity index (χ0v) is 26.8. The summed E-state index contributed by atoms with van der Waals surface area (Å²) in [5.41, 5.74) is 11.0. The van der Waals surface area contributed by atoms with Crippen molar-refractivity contribution in [3.63, 3.8) is 0 Å². The van der Waals surface area contributed by atoms with Crippen molar-refractivity contribution in [1.29, 1.82) is 0 Å². The lowest BCUT2D eigenvalue weighted by Crippen LogP contribution is -2.11. The highest BCUT2D eigenvalue weighted by Crippen LogP contribution is 2.30. The minimum absolute atomic E-state index is 0.974. The third-order valence-electron chi connectivity index (χ3n) is 8.35. The SMILES string of the molecule is CN(c1ccccc1)c1ccc(N(C)c2cccc(C#Cc3cccc(N(C)c4ccc(N(C)c5ccccc5)cc4)c3)c2)cc1. The van der Waals surface area contributed by atoms with Gasteiger partial charge in [0.1, 0.15) is 0 Å². The average Bonchev–Trinajstić information content (AvgIpc) is 3.14. The van der Waals surface area contributed by atoms with E-state index in [1.807, 2.05) is 12.1 Å². The van der Waals surface area contributed by atoms with E-state index in [1.54, 1.807) is 0 Å². The van der Waals surface area contributed by atoms with Crippen LogP contribution in [-0.2, 0) is 0 Å². The number of nitrogens with zero attached hydrogens (tertiary/aromatic N) is 4. The van der Waals surface area contributed by atoms with Crippen molar-refractivity contribution in [3.8, 4) is 11.8 Å². The first-order chi connectivity index (χ1) is 22.5. The topological polar surface area (TPSA) is 13.0 Å². The number of para-hydroxylation sites is 2. The molecule has 0 saturated heterocycles. The normalized spacial score (nSPS) is 10.4. The minimum Gasteiger partial charge on any atom is -0.345 e. The van der Waals surface area contributed by atoms with Gasteiger partial charge in [0.05, 0.1) is 0 Å². The Morgan fingerprint density at radius 2 is 0.543 bits per heavy atom. The summed E-state index contributed by atoms with van der Waals surface area (Å²) in [4.78, 5) is 8.76. The van der Waals surface area contributed by atoms with Crippen molar-refractivity contribution in [1.82, 2.24) is 0 Å². The molecule has 0 N–H and O–H groups in total. The molecule has 4 heteroatoms. The molecule has 6 aromatic carbocycles. The summed E-state index contributed by atoms with van der Waals surface area (Å²) < 4.78 is 0. The van der Waals surface area contributed by atoms with E-state index in [-0.39, 0.29) is 0 Å². The third kappa shape index (κ3) is 6.90. The quantitative estimate of drug-likeness (QED) is 0.162. The molecule has 0 heterocycles. The fourth-order valence-corrected chi connectivity index (χ4v) is 5.43. The lowest BCUT2D eigenvalue weighted by atomic mass is 10.1. The van der Waals surface area contributed by atoms with Crippen LogP contribution in [0, 0.1) is 11.8 Å². The van der Waals surface area contributed by atoms with E-state index in [1.165, 1.54) is 0 Å². The van der Waals surface area contributed by atoms with Crippen molar-refractivity contribution >= 4 is 45.5 Å². The van der Waals surface area contributed by atoms with Gasteiger partial charge < -0.3 is 19.6 Å². The average molecular weight is 599 g/mol. The Hall–Kier alpha value is -5.92. The first-order valence-corrected chi connectivity index (χ1v) is 15.4. The van der Waals surface area contributed by atoms with Crippen molar-refractivity contribution < 1.29 is 0 Å². The van der Waals surface area contributed by atoms with Gasteiger partial charge in [0.15, 0.2) is 0 Å². The van der Waals surface area contributed by atoms with Crippen LogP contribution < -0.4 is 19.6 Å². The fraction of sp³-hybridized carbons (Fsp3) is 0.0952. The fourth-order valence-electron chi connectivity index (χ4n) is 5.43. The zero-order valence-electron chi connectivity index (χ0n) is 26.8. The van der Waals surface area contributed by atoms with E-state index in [4.69, 9.17) is 0 Å². The van der Waals surface area contributed by atoms with E-state index in [0.717, 1.165) is 56.6 Å². The summed E-state index contributed by atoms with van der Waals surface area (Å²) in [5, 5.41) is 0. The Kier molecular flexibility index (Phi) is 9.04. The molecule has 0 bridgehead atoms. The molecule has 0 amide bonds. The van der Waals surface area contributed by atoms with Crippen LogP contribution in [0.3, 0.4) is 0 Å². The van der Waals surface area contributed by atoms with Gasteiger partial charge in [-0.15, -0.1) is 0 Å². The molecule has 0 atom stereocenters. The van der Waals surface area contributed by atoms with Gasteiger partial charge >= 0.3 is 0 Å². The summed E-state index contributed by atoms with van der Waals surface area (Å²) in [6.07, 6.45) is 0. The second kappa shape index (κ2) is 13.8. The molecule has 226 valence electrons. The van der Waals surface area contributed by atoms with Crippen LogP contribution in [0.15, 0.2) is 158 Å². The van der Waals surface area contributed by atoms with Crippen molar-refractivity contribution in [2.24, 2.45) is 0 Å². The number of benzene rings is 6. The van der Waals surface area contributed by atoms with Crippen LogP contribution in [0.25, 0.3) is 0 Å². The first-order valence-electron chi connectivity index (χ1n) is 15.4. The number of rotatable bonds is 8. The van der Waals surface area contributed by atoms with Crippen LogP contribution in [-0.4, -0.2) is 28.2 Å². The lowest BCUT2D eigenvalue weighted by Gasteiger charge is -2.23. The van der Waals surface area contributed by atoms with Gasteiger partial charge in [0.2, 0.25) is 0 Å². The molecule has 0 unspecified atom stereocenters. The van der Waals surface area contributed by atoms with Gasteiger partial charge in [-0.1, -0.05) is 60.4 Å². The lowest BCUT2D eigenvalue weighted by molar-refractivity contribution is 1.18. The highest BCUT2D eigenvalue weighted by atomic mass is 15.1. The van der Waals surface area contributed by atoms with Gasteiger partial charge in [-0.3, -0.25) is 0 Å². The zero-order chi connectivity index (χ0) is 31.9. The molecule has 0 fully saturated rings. The van der Waals surface area contributed by atoms with E-state index < -0.39 is 0 Å². The van der Waals surface area contributed by atoms with Crippen molar-refractivity contribution in [2.45, 2.75) is 0 Å². The highest BCUT2D eigenvalue weighted by Gasteiger charge is 2.09. The highest BCUT2D eigenvalue weighted by molar-refractivity contribution is 5.71. The van der Waals surface area contributed by atoms with Crippen LogP contribution in [0.2, 0.25) is 0 Å². The Morgan fingerprint density at radius 3 is 0.870 bits per heavy atom. The second-order valence-electron chi connectivity index (χ2n) is 11.3. The maximum atomic E-state index is 3.38. The predicted molar refractivity (Wildman–Crippen MR) is 197 cm³/mol. The monoisotopic (exact) mass is 598 g/mol. The molecule has 0 aliphatic heterocycles. The van der Waals surface area contributed by atoms with Crippen LogP contribution in [0.4, 0.5) is 45.5 Å². The van der Waals surface area contributed by atoms with Crippen LogP contribution in [0.1, 0.15) is 11.1 Å². The summed E-state index contributed by atoms with van der Waals surface area (Å²) in [5.74, 6) is 6.77. The Balaban J connectivity index is 1.14. The largest absolute Gasteiger partial charge is 0.345 e. The summed E-state index contributed by atoms with van der Waals surface area (Å²) in [6.45, 7) is 0. The van der Waals surface area contributed by atoms with E-state index in [9.17, 15) is 0 Å². The van der Waals surface area contributed by atoms with E-state index >= 15 is 0 Å². The number of anilines is 8. The number of hydrogen-bond donors (Lipinski definition) is 0. The van der Waals surface area contributed by atoms with Gasteiger partial charge in [-0.05, 0) is 109 Å². The molecule has 0 aliphatic carbocycles. The number of hydrogen-bond acceptors (Lipinski definition) is 4. The smallest absolute Gasteiger partial charge is 0.0420 e. The third-order valence-corrected chi connectivity index (χ3v) is 8.35. The van der Waals surface area contributed by atoms with Crippen molar-refractivity contribution in [2.75, 3.05) is 47.8 Å². The predicted octanol–water partition coefficient (Wildman–Crippen LogP) is 10.2. The maximum Gasteiger partial charge on any atom is 0.0420 e. The summed E-state index contributed by atoms with van der Waals surface area (Å²) in [6, 6.07) is 54.8. The van der Waals surface area contributed by atoms with Crippen LogP contribution >= 0.6 is 0 Å². The molecule has 4 nitrogen and oxygen atoms in total. The van der Waals surface area contributed by atoms with Crippen molar-refractivity contribution in [3.05, 3.63) is 169 Å². The molecule has 6 rings (SSSR count). The van der Waals surface area contributed by atoms with Gasteiger partial charge in [-0.25, -0.2) is 0 Å². The molecule has 0 saturated carbocycles. The maximum absolute atomic E-state index is 3.38. The molecular formula is C42H38N4. The standard InChI is InChI=1S/C42H38N4/c1-43(35-15-7-5-8-16-35)37-23-27-39(28-24-37)45(3)41-19-11-13-33(31-41)21-22-34-14-12-20-42(32-34)46(4)40-29-25-38(26-30-40)44(2)36-17-9-6-10-18-36/h5-20,23-32H,1-4H3. The van der Waals surface area contributed by atoms with Gasteiger partial charge in [-0.2, -0.15) is 0 Å². The molecular weight excluding hydrogens is 560 g/mol. The van der Waals surface area contributed by atoms with Gasteiger partial charge in [0.25, 0.3) is 0 Å². The van der Waals surface area contributed by atoms with E-state index in [2.05, 4.69) is 205 Å². The second-order valence-corrected chi connectivity index (χ2v) is 11.3. The Morgan fingerprint density at radius 1 is 0.283 bits per heavy atom. The summed E-state index contributed by atoms with van der Waals surface area (Å²) >= 11 is 0. The first kappa shape index (κ1) is 30.1. The molecule has 0 spiro atoms.